The number of anilines is 1. The highest BCUT2D eigenvalue weighted by Crippen LogP contribution is 2.31. The Morgan fingerprint density at radius 3 is 2.67 bits per heavy atom. The van der Waals surface area contributed by atoms with Gasteiger partial charge >= 0.3 is 0 Å². The van der Waals surface area contributed by atoms with Crippen LogP contribution in [0.15, 0.2) is 18.2 Å². The molecule has 1 N–H and O–H groups in total. The molecule has 6 heteroatoms. The topological polar surface area (TPSA) is 75.5 Å². The van der Waals surface area contributed by atoms with Gasteiger partial charge in [0.15, 0.2) is 0 Å². The summed E-state index contributed by atoms with van der Waals surface area (Å²) >= 11 is 0. The molecule has 0 atom stereocenters. The van der Waals surface area contributed by atoms with Gasteiger partial charge in [0.25, 0.3) is 11.6 Å². The van der Waals surface area contributed by atoms with Crippen molar-refractivity contribution in [3.8, 4) is 0 Å². The molecule has 2 rings (SSSR count). The molecule has 1 saturated carbocycles. The van der Waals surface area contributed by atoms with E-state index in [2.05, 4.69) is 5.32 Å². The molecule has 21 heavy (non-hydrogen) atoms. The molecule has 1 amide bonds. The summed E-state index contributed by atoms with van der Waals surface area (Å²) in [5, 5.41) is 14.2. The van der Waals surface area contributed by atoms with Gasteiger partial charge in [0.1, 0.15) is 5.56 Å². The van der Waals surface area contributed by atoms with Crippen molar-refractivity contribution in [2.45, 2.75) is 26.7 Å². The molecule has 1 aliphatic carbocycles. The Bertz CT molecular complexity index is 541. The van der Waals surface area contributed by atoms with Gasteiger partial charge in [0.05, 0.1) is 4.92 Å². The summed E-state index contributed by atoms with van der Waals surface area (Å²) in [5.74, 6) is 0.306. The van der Waals surface area contributed by atoms with Crippen LogP contribution in [-0.2, 0) is 0 Å². The molecule has 1 fully saturated rings. The van der Waals surface area contributed by atoms with E-state index >= 15 is 0 Å². The Morgan fingerprint density at radius 2 is 2.14 bits per heavy atom. The van der Waals surface area contributed by atoms with E-state index in [4.69, 9.17) is 0 Å². The van der Waals surface area contributed by atoms with Gasteiger partial charge in [0.2, 0.25) is 0 Å². The predicted molar refractivity (Wildman–Crippen MR) is 81.6 cm³/mol. The second-order valence-corrected chi connectivity index (χ2v) is 5.31. The predicted octanol–water partition coefficient (Wildman–Crippen LogP) is 2.90. The lowest BCUT2D eigenvalue weighted by atomic mass is 10.1. The lowest BCUT2D eigenvalue weighted by molar-refractivity contribution is -0.385. The van der Waals surface area contributed by atoms with Gasteiger partial charge in [-0.2, -0.15) is 0 Å². The van der Waals surface area contributed by atoms with Gasteiger partial charge in [-0.3, -0.25) is 14.9 Å². The largest absolute Gasteiger partial charge is 0.385 e. The number of carbonyl (C=O) groups is 1. The monoisotopic (exact) mass is 291 g/mol. The van der Waals surface area contributed by atoms with Crippen LogP contribution in [0.3, 0.4) is 0 Å². The summed E-state index contributed by atoms with van der Waals surface area (Å²) < 4.78 is 0. The minimum Gasteiger partial charge on any atom is -0.385 e. The molecule has 0 unspecified atom stereocenters. The van der Waals surface area contributed by atoms with E-state index in [1.165, 1.54) is 6.07 Å². The van der Waals surface area contributed by atoms with Crippen LogP contribution < -0.4 is 5.32 Å². The molecule has 0 radical (unpaired) electrons. The quantitative estimate of drug-likeness (QED) is 0.619. The molecule has 0 bridgehead atoms. The summed E-state index contributed by atoms with van der Waals surface area (Å²) in [6.45, 7) is 5.80. The maximum Gasteiger partial charge on any atom is 0.282 e. The number of hydrogen-bond acceptors (Lipinski definition) is 4. The lowest BCUT2D eigenvalue weighted by Crippen LogP contribution is -2.33. The molecule has 1 aliphatic rings. The SMILES string of the molecule is CCNc1ccc([N+](=O)[O-])c(C(=O)N(CC)CC2CC2)c1. The third kappa shape index (κ3) is 3.71. The van der Waals surface area contributed by atoms with Gasteiger partial charge < -0.3 is 10.2 Å². The molecule has 114 valence electrons. The minimum atomic E-state index is -0.492. The molecule has 1 aromatic carbocycles. The summed E-state index contributed by atoms with van der Waals surface area (Å²) in [5.41, 5.74) is 0.769. The second-order valence-electron chi connectivity index (χ2n) is 5.31. The highest BCUT2D eigenvalue weighted by molar-refractivity contribution is 5.99. The van der Waals surface area contributed by atoms with Gasteiger partial charge in [-0.25, -0.2) is 0 Å². The standard InChI is InChI=1S/C15H21N3O3/c1-3-16-12-7-8-14(18(20)21)13(9-12)15(19)17(4-2)10-11-5-6-11/h7-9,11,16H,3-6,10H2,1-2H3. The van der Waals surface area contributed by atoms with E-state index in [1.807, 2.05) is 13.8 Å². The zero-order chi connectivity index (χ0) is 15.4. The van der Waals surface area contributed by atoms with E-state index in [1.54, 1.807) is 17.0 Å². The third-order valence-corrected chi connectivity index (χ3v) is 3.65. The number of nitrogens with zero attached hydrogens (tertiary/aromatic N) is 2. The van der Waals surface area contributed by atoms with Gasteiger partial charge in [-0.15, -0.1) is 0 Å². The van der Waals surface area contributed by atoms with Crippen molar-refractivity contribution in [1.29, 1.82) is 0 Å². The van der Waals surface area contributed by atoms with E-state index in [0.29, 0.717) is 25.6 Å². The van der Waals surface area contributed by atoms with Crippen LogP contribution >= 0.6 is 0 Å². The van der Waals surface area contributed by atoms with Gasteiger partial charge in [0, 0.05) is 31.4 Å². The Kier molecular flexibility index (Phi) is 4.77. The summed E-state index contributed by atoms with van der Waals surface area (Å²) in [6.07, 6.45) is 2.28. The zero-order valence-electron chi connectivity index (χ0n) is 12.5. The van der Waals surface area contributed by atoms with E-state index in [-0.39, 0.29) is 17.2 Å². The number of carbonyl (C=O) groups excluding carboxylic acids is 1. The molecular weight excluding hydrogens is 270 g/mol. The van der Waals surface area contributed by atoms with Gasteiger partial charge in [-0.1, -0.05) is 0 Å². The van der Waals surface area contributed by atoms with Crippen LogP contribution in [0.4, 0.5) is 11.4 Å². The molecule has 6 nitrogen and oxygen atoms in total. The number of nitrogens with one attached hydrogen (secondary N) is 1. The first-order valence-corrected chi connectivity index (χ1v) is 7.38. The fraction of sp³-hybridized carbons (Fsp3) is 0.533. The van der Waals surface area contributed by atoms with E-state index in [9.17, 15) is 14.9 Å². The summed E-state index contributed by atoms with van der Waals surface area (Å²) in [6, 6.07) is 4.62. The van der Waals surface area contributed by atoms with Crippen molar-refractivity contribution in [1.82, 2.24) is 4.90 Å². The highest BCUT2D eigenvalue weighted by atomic mass is 16.6. The van der Waals surface area contributed by atoms with E-state index < -0.39 is 4.92 Å². The van der Waals surface area contributed by atoms with Crippen LogP contribution in [0.2, 0.25) is 0 Å². The normalized spacial score (nSPS) is 13.8. The zero-order valence-corrected chi connectivity index (χ0v) is 12.5. The first-order chi connectivity index (χ1) is 10.1. The van der Waals surface area contributed by atoms with Crippen molar-refractivity contribution >= 4 is 17.3 Å². The fourth-order valence-electron chi connectivity index (χ4n) is 2.32. The average molecular weight is 291 g/mol. The smallest absolute Gasteiger partial charge is 0.282 e. The van der Waals surface area contributed by atoms with Crippen LogP contribution in [-0.4, -0.2) is 35.4 Å². The fourth-order valence-corrected chi connectivity index (χ4v) is 2.32. The van der Waals surface area contributed by atoms with E-state index in [0.717, 1.165) is 18.5 Å². The molecule has 0 saturated heterocycles. The second kappa shape index (κ2) is 6.56. The number of nitro groups is 1. The molecular formula is C15H21N3O3. The number of amides is 1. The van der Waals surface area contributed by atoms with Crippen LogP contribution in [0.5, 0.6) is 0 Å². The van der Waals surface area contributed by atoms with Crippen LogP contribution in [0.1, 0.15) is 37.0 Å². The molecule has 0 spiro atoms. The maximum atomic E-state index is 12.6. The highest BCUT2D eigenvalue weighted by Gasteiger charge is 2.29. The molecule has 0 heterocycles. The summed E-state index contributed by atoms with van der Waals surface area (Å²) in [7, 11) is 0. The number of rotatable bonds is 7. The number of nitro benzene ring substituents is 1. The van der Waals surface area contributed by atoms with Crippen molar-refractivity contribution < 1.29 is 9.72 Å². The third-order valence-electron chi connectivity index (χ3n) is 3.65. The van der Waals surface area contributed by atoms with Crippen LogP contribution in [0.25, 0.3) is 0 Å². The first-order valence-electron chi connectivity index (χ1n) is 7.38. The Labute approximate surface area is 124 Å². The lowest BCUT2D eigenvalue weighted by Gasteiger charge is -2.21. The molecule has 1 aromatic rings. The first kappa shape index (κ1) is 15.3. The minimum absolute atomic E-state index is 0.129. The number of benzene rings is 1. The van der Waals surface area contributed by atoms with Crippen molar-refractivity contribution in [2.24, 2.45) is 5.92 Å². The Hall–Kier alpha value is -2.11. The van der Waals surface area contributed by atoms with Crippen molar-refractivity contribution in [2.75, 3.05) is 25.0 Å². The molecule has 0 aromatic heterocycles. The number of hydrogen-bond donors (Lipinski definition) is 1. The summed E-state index contributed by atoms with van der Waals surface area (Å²) in [4.78, 5) is 25.0. The maximum absolute atomic E-state index is 12.6. The Morgan fingerprint density at radius 1 is 1.43 bits per heavy atom. The molecule has 0 aliphatic heterocycles. The average Bonchev–Trinajstić information content (AvgIpc) is 3.28. The van der Waals surface area contributed by atoms with Crippen molar-refractivity contribution in [3.63, 3.8) is 0 Å². The Balaban J connectivity index is 2.30. The van der Waals surface area contributed by atoms with Crippen molar-refractivity contribution in [3.05, 3.63) is 33.9 Å². The van der Waals surface area contributed by atoms with Crippen LogP contribution in [0, 0.1) is 16.0 Å². The van der Waals surface area contributed by atoms with Gasteiger partial charge in [-0.05, 0) is 44.7 Å².